The second-order valence-electron chi connectivity index (χ2n) is 5.93. The zero-order chi connectivity index (χ0) is 14.4. The van der Waals surface area contributed by atoms with Crippen LogP contribution in [0.4, 0.5) is 6.01 Å². The number of nitrogens with one attached hydrogen (secondary N) is 2. The van der Waals surface area contributed by atoms with E-state index < -0.39 is 0 Å². The van der Waals surface area contributed by atoms with Gasteiger partial charge < -0.3 is 19.8 Å². The van der Waals surface area contributed by atoms with Crippen molar-refractivity contribution < 1.29 is 9.15 Å². The van der Waals surface area contributed by atoms with Crippen molar-refractivity contribution in [1.29, 1.82) is 0 Å². The van der Waals surface area contributed by atoms with Gasteiger partial charge in [0.05, 0.1) is 13.2 Å². The fourth-order valence-corrected chi connectivity index (χ4v) is 2.99. The summed E-state index contributed by atoms with van der Waals surface area (Å²) in [6, 6.07) is 0.989. The van der Waals surface area contributed by atoms with Gasteiger partial charge in [0.15, 0.2) is 0 Å². The minimum absolute atomic E-state index is 0.448. The molecule has 1 aromatic heterocycles. The molecule has 1 fully saturated rings. The van der Waals surface area contributed by atoms with Crippen molar-refractivity contribution in [3.05, 3.63) is 5.89 Å². The maximum atomic E-state index is 5.60. The molecule has 6 heteroatoms. The highest BCUT2D eigenvalue weighted by molar-refractivity contribution is 5.20. The van der Waals surface area contributed by atoms with Gasteiger partial charge >= 0.3 is 6.01 Å². The highest BCUT2D eigenvalue weighted by atomic mass is 16.5. The van der Waals surface area contributed by atoms with Gasteiger partial charge in [-0.25, -0.2) is 0 Å². The van der Waals surface area contributed by atoms with E-state index in [9.17, 15) is 0 Å². The normalized spacial score (nSPS) is 26.6. The largest absolute Gasteiger partial charge is 0.407 e. The van der Waals surface area contributed by atoms with Crippen molar-refractivity contribution >= 4 is 6.01 Å². The summed E-state index contributed by atoms with van der Waals surface area (Å²) >= 11 is 0. The second-order valence-corrected chi connectivity index (χ2v) is 5.93. The average molecular weight is 282 g/mol. The van der Waals surface area contributed by atoms with Gasteiger partial charge in [0.2, 0.25) is 5.89 Å². The molecule has 2 N–H and O–H groups in total. The number of methoxy groups -OCH3 is 1. The van der Waals surface area contributed by atoms with Crippen LogP contribution in [0, 0.1) is 11.8 Å². The minimum atomic E-state index is 0.448. The van der Waals surface area contributed by atoms with Crippen LogP contribution in [-0.4, -0.2) is 36.5 Å². The summed E-state index contributed by atoms with van der Waals surface area (Å²) in [4.78, 5) is 0. The average Bonchev–Trinajstić information content (AvgIpc) is 2.81. The minimum Gasteiger partial charge on any atom is -0.407 e. The summed E-state index contributed by atoms with van der Waals surface area (Å²) in [6.45, 7) is 6.65. The molecule has 0 bridgehead atoms. The molecule has 0 radical (unpaired) electrons. The zero-order valence-electron chi connectivity index (χ0n) is 12.7. The highest BCUT2D eigenvalue weighted by Gasteiger charge is 2.24. The predicted octanol–water partition coefficient (Wildman–Crippen LogP) is 2.04. The summed E-state index contributed by atoms with van der Waals surface area (Å²) in [6.07, 6.45) is 3.67. The fraction of sp³-hybridized carbons (Fsp3) is 0.857. The van der Waals surface area contributed by atoms with E-state index >= 15 is 0 Å². The lowest BCUT2D eigenvalue weighted by molar-refractivity contribution is 0.198. The summed E-state index contributed by atoms with van der Waals surface area (Å²) < 4.78 is 10.6. The van der Waals surface area contributed by atoms with Crippen molar-refractivity contribution in [3.63, 3.8) is 0 Å². The standard InChI is InChI=1S/C14H26N4O2/c1-10-6-11(2)8-12(7-10)16-14-18-17-13(20-14)9-15-4-5-19-3/h10-12,15H,4-9H2,1-3H3,(H,16,18). The Morgan fingerprint density at radius 2 is 1.95 bits per heavy atom. The van der Waals surface area contributed by atoms with Crippen LogP contribution in [0.3, 0.4) is 0 Å². The number of aromatic nitrogens is 2. The smallest absolute Gasteiger partial charge is 0.315 e. The highest BCUT2D eigenvalue weighted by Crippen LogP contribution is 2.30. The number of ether oxygens (including phenoxy) is 1. The van der Waals surface area contributed by atoms with Gasteiger partial charge in [-0.15, -0.1) is 5.10 Å². The molecule has 2 atom stereocenters. The molecule has 0 aromatic carbocycles. The van der Waals surface area contributed by atoms with Gasteiger partial charge in [-0.1, -0.05) is 18.9 Å². The number of hydrogen-bond donors (Lipinski definition) is 2. The molecule has 1 aliphatic carbocycles. The first kappa shape index (κ1) is 15.3. The zero-order valence-corrected chi connectivity index (χ0v) is 12.7. The molecular weight excluding hydrogens is 256 g/mol. The molecule has 0 aliphatic heterocycles. The van der Waals surface area contributed by atoms with Gasteiger partial charge in [0.25, 0.3) is 0 Å². The Labute approximate surface area is 120 Å². The number of anilines is 1. The monoisotopic (exact) mass is 282 g/mol. The van der Waals surface area contributed by atoms with E-state index in [2.05, 4.69) is 34.7 Å². The Morgan fingerprint density at radius 3 is 2.65 bits per heavy atom. The van der Waals surface area contributed by atoms with Crippen molar-refractivity contribution in [3.8, 4) is 0 Å². The van der Waals surface area contributed by atoms with E-state index in [1.165, 1.54) is 19.3 Å². The van der Waals surface area contributed by atoms with Crippen molar-refractivity contribution in [2.75, 3.05) is 25.6 Å². The van der Waals surface area contributed by atoms with Gasteiger partial charge in [-0.05, 0) is 31.1 Å². The van der Waals surface area contributed by atoms with Gasteiger partial charge in [0, 0.05) is 19.7 Å². The lowest BCUT2D eigenvalue weighted by atomic mass is 9.80. The molecule has 0 saturated heterocycles. The summed E-state index contributed by atoms with van der Waals surface area (Å²) in [5.41, 5.74) is 0. The Bertz CT molecular complexity index is 386. The molecule has 1 aromatic rings. The predicted molar refractivity (Wildman–Crippen MR) is 77.5 cm³/mol. The Hall–Kier alpha value is -1.14. The summed E-state index contributed by atoms with van der Waals surface area (Å²) in [5, 5.41) is 14.7. The van der Waals surface area contributed by atoms with Crippen molar-refractivity contribution in [1.82, 2.24) is 15.5 Å². The summed E-state index contributed by atoms with van der Waals surface area (Å²) in [5.74, 6) is 2.13. The molecule has 1 saturated carbocycles. The molecule has 20 heavy (non-hydrogen) atoms. The molecule has 0 spiro atoms. The van der Waals surface area contributed by atoms with Crippen LogP contribution in [0.15, 0.2) is 4.42 Å². The number of nitrogens with zero attached hydrogens (tertiary/aromatic N) is 2. The topological polar surface area (TPSA) is 72.2 Å². The molecule has 6 nitrogen and oxygen atoms in total. The maximum absolute atomic E-state index is 5.60. The Kier molecular flexibility index (Phi) is 5.79. The van der Waals surface area contributed by atoms with E-state index in [1.807, 2.05) is 0 Å². The van der Waals surface area contributed by atoms with Crippen LogP contribution in [0.5, 0.6) is 0 Å². The first-order valence-electron chi connectivity index (χ1n) is 7.46. The van der Waals surface area contributed by atoms with E-state index in [0.717, 1.165) is 18.4 Å². The van der Waals surface area contributed by atoms with Crippen LogP contribution in [0.1, 0.15) is 39.0 Å². The van der Waals surface area contributed by atoms with Crippen LogP contribution in [0.25, 0.3) is 0 Å². The first-order chi connectivity index (χ1) is 9.67. The fourth-order valence-electron chi connectivity index (χ4n) is 2.99. The lowest BCUT2D eigenvalue weighted by Crippen LogP contribution is -2.30. The van der Waals surface area contributed by atoms with E-state index in [-0.39, 0.29) is 0 Å². The quantitative estimate of drug-likeness (QED) is 0.746. The van der Waals surface area contributed by atoms with Crippen LogP contribution < -0.4 is 10.6 Å². The van der Waals surface area contributed by atoms with Crippen LogP contribution >= 0.6 is 0 Å². The van der Waals surface area contributed by atoms with E-state index in [4.69, 9.17) is 9.15 Å². The van der Waals surface area contributed by atoms with Gasteiger partial charge in [0.1, 0.15) is 0 Å². The lowest BCUT2D eigenvalue weighted by Gasteiger charge is -2.31. The maximum Gasteiger partial charge on any atom is 0.315 e. The van der Waals surface area contributed by atoms with Gasteiger partial charge in [-0.2, -0.15) is 0 Å². The first-order valence-corrected chi connectivity index (χ1v) is 7.46. The molecule has 0 amide bonds. The number of rotatable bonds is 7. The third-order valence-corrected chi connectivity index (χ3v) is 3.73. The molecule has 2 rings (SSSR count). The Balaban J connectivity index is 1.77. The second kappa shape index (κ2) is 7.59. The van der Waals surface area contributed by atoms with Crippen LogP contribution in [-0.2, 0) is 11.3 Å². The molecule has 2 unspecified atom stereocenters. The molecule has 1 heterocycles. The molecule has 114 valence electrons. The van der Waals surface area contributed by atoms with Gasteiger partial charge in [-0.3, -0.25) is 0 Å². The van der Waals surface area contributed by atoms with Crippen molar-refractivity contribution in [2.24, 2.45) is 11.8 Å². The van der Waals surface area contributed by atoms with E-state index in [1.54, 1.807) is 7.11 Å². The Morgan fingerprint density at radius 1 is 1.20 bits per heavy atom. The van der Waals surface area contributed by atoms with Crippen LogP contribution in [0.2, 0.25) is 0 Å². The number of hydrogen-bond acceptors (Lipinski definition) is 6. The van der Waals surface area contributed by atoms with E-state index in [0.29, 0.717) is 31.1 Å². The molecular formula is C14H26N4O2. The third-order valence-electron chi connectivity index (χ3n) is 3.73. The van der Waals surface area contributed by atoms with Crippen molar-refractivity contribution in [2.45, 2.75) is 45.7 Å². The molecule has 1 aliphatic rings. The summed E-state index contributed by atoms with van der Waals surface area (Å²) in [7, 11) is 1.68. The SMILES string of the molecule is COCCNCc1nnc(NC2CC(C)CC(C)C2)o1. The third kappa shape index (κ3) is 4.76.